The lowest BCUT2D eigenvalue weighted by atomic mass is 9.64. The van der Waals surface area contributed by atoms with E-state index in [9.17, 15) is 9.59 Å². The lowest BCUT2D eigenvalue weighted by Crippen LogP contribution is -2.42. The molecule has 2 aromatic heterocycles. The highest BCUT2D eigenvalue weighted by molar-refractivity contribution is 6.08. The van der Waals surface area contributed by atoms with Crippen LogP contribution in [-0.2, 0) is 4.79 Å². The molecule has 2 aliphatic carbocycles. The van der Waals surface area contributed by atoms with Crippen LogP contribution in [0.3, 0.4) is 0 Å². The summed E-state index contributed by atoms with van der Waals surface area (Å²) in [7, 11) is 2.11. The number of likely N-dealkylation sites (N-methyl/N-ethyl adjacent to an activating group) is 1. The molecule has 3 heterocycles. The number of allylic oxidation sites excluding steroid dienone is 2. The number of aryl methyl sites for hydroxylation is 1. The third kappa shape index (κ3) is 4.91. The molecule has 3 atom stereocenters. The highest BCUT2D eigenvalue weighted by Gasteiger charge is 2.46. The van der Waals surface area contributed by atoms with E-state index in [0.29, 0.717) is 48.5 Å². The zero-order chi connectivity index (χ0) is 26.2. The second kappa shape index (κ2) is 10.3. The van der Waals surface area contributed by atoms with E-state index in [1.165, 1.54) is 0 Å². The Morgan fingerprint density at radius 1 is 1.16 bits per heavy atom. The van der Waals surface area contributed by atoms with E-state index < -0.39 is 5.41 Å². The number of likely N-dealkylation sites (tertiary alicyclic amines) is 1. The second-order valence-corrected chi connectivity index (χ2v) is 10.9. The Balaban J connectivity index is 1.53. The van der Waals surface area contributed by atoms with Crippen LogP contribution in [0.25, 0.3) is 11.3 Å². The van der Waals surface area contributed by atoms with Crippen molar-refractivity contribution in [1.82, 2.24) is 19.9 Å². The van der Waals surface area contributed by atoms with Crippen LogP contribution in [-0.4, -0.2) is 57.2 Å². The molecule has 8 heteroatoms. The van der Waals surface area contributed by atoms with Crippen LogP contribution in [0, 0.1) is 12.3 Å². The Hall–Kier alpha value is -3.13. The molecule has 1 aliphatic heterocycles. The molecule has 5 rings (SSSR count). The Morgan fingerprint density at radius 3 is 2.68 bits per heavy atom. The molecule has 0 amide bonds. The fourth-order valence-corrected chi connectivity index (χ4v) is 6.29. The van der Waals surface area contributed by atoms with Gasteiger partial charge >= 0.3 is 0 Å². The number of nitrogens with two attached hydrogens (primary N) is 1. The van der Waals surface area contributed by atoms with Crippen molar-refractivity contribution in [2.45, 2.75) is 83.8 Å². The fraction of sp³-hybridized carbons (Fsp3) is 0.552. The molecule has 8 nitrogen and oxygen atoms in total. The molecule has 0 bridgehead atoms. The molecule has 196 valence electrons. The molecule has 2 fully saturated rings. The second-order valence-electron chi connectivity index (χ2n) is 10.9. The average molecular weight is 504 g/mol. The van der Waals surface area contributed by atoms with Crippen LogP contribution >= 0.6 is 0 Å². The predicted molar refractivity (Wildman–Crippen MR) is 141 cm³/mol. The van der Waals surface area contributed by atoms with E-state index in [2.05, 4.69) is 26.9 Å². The van der Waals surface area contributed by atoms with Crippen LogP contribution in [0.2, 0.25) is 0 Å². The SMILES string of the molecule is Cc1ccc(-c2cc(O[C@@H](C)[C@@H]3CCCN3C)nc(C(=O)C3=C(N)[C@]4(CCCCC4=O)CCC3)n2)cn1. The predicted octanol–water partition coefficient (Wildman–Crippen LogP) is 4.42. The first-order chi connectivity index (χ1) is 17.8. The van der Waals surface area contributed by atoms with Crippen molar-refractivity contribution in [2.24, 2.45) is 11.1 Å². The normalized spacial score (nSPS) is 25.5. The van der Waals surface area contributed by atoms with Gasteiger partial charge in [-0.15, -0.1) is 0 Å². The number of carbonyl (C=O) groups excluding carboxylic acids is 2. The first kappa shape index (κ1) is 25.5. The van der Waals surface area contributed by atoms with Gasteiger partial charge in [-0.1, -0.05) is 6.42 Å². The summed E-state index contributed by atoms with van der Waals surface area (Å²) in [5.74, 6) is 0.269. The number of nitrogens with zero attached hydrogens (tertiary/aromatic N) is 4. The first-order valence-corrected chi connectivity index (χ1v) is 13.5. The number of ketones is 2. The lowest BCUT2D eigenvalue weighted by Gasteiger charge is -2.40. The van der Waals surface area contributed by atoms with Gasteiger partial charge in [-0.3, -0.25) is 19.5 Å². The van der Waals surface area contributed by atoms with Crippen molar-refractivity contribution in [3.8, 4) is 17.1 Å². The van der Waals surface area contributed by atoms with Crippen molar-refractivity contribution in [2.75, 3.05) is 13.6 Å². The molecule has 0 aromatic carbocycles. The van der Waals surface area contributed by atoms with Crippen molar-refractivity contribution in [3.63, 3.8) is 0 Å². The molecule has 2 N–H and O–H groups in total. The maximum Gasteiger partial charge on any atom is 0.228 e. The number of hydrogen-bond acceptors (Lipinski definition) is 8. The first-order valence-electron chi connectivity index (χ1n) is 13.5. The average Bonchev–Trinajstić information content (AvgIpc) is 3.33. The van der Waals surface area contributed by atoms with E-state index in [4.69, 9.17) is 10.5 Å². The fourth-order valence-electron chi connectivity index (χ4n) is 6.29. The van der Waals surface area contributed by atoms with Crippen molar-refractivity contribution in [1.29, 1.82) is 0 Å². The van der Waals surface area contributed by atoms with Gasteiger partial charge in [0.1, 0.15) is 11.9 Å². The van der Waals surface area contributed by atoms with Gasteiger partial charge < -0.3 is 10.5 Å². The molecule has 1 saturated heterocycles. The Morgan fingerprint density at radius 2 is 1.97 bits per heavy atom. The van der Waals surface area contributed by atoms with Crippen LogP contribution in [0.5, 0.6) is 5.88 Å². The van der Waals surface area contributed by atoms with E-state index in [1.54, 1.807) is 12.3 Å². The molecular formula is C29H37N5O3. The van der Waals surface area contributed by atoms with E-state index >= 15 is 0 Å². The summed E-state index contributed by atoms with van der Waals surface area (Å²) in [5, 5.41) is 0. The summed E-state index contributed by atoms with van der Waals surface area (Å²) >= 11 is 0. The van der Waals surface area contributed by atoms with Gasteiger partial charge in [0.05, 0.1) is 11.1 Å². The number of hydrogen-bond donors (Lipinski definition) is 1. The van der Waals surface area contributed by atoms with Crippen LogP contribution in [0.1, 0.15) is 81.0 Å². The standard InChI is InChI=1S/C29H37N5O3/c1-18-11-12-20(17-31-18)22-16-25(37-19(2)23-9-7-15-34(23)3)33-28(32-22)26(36)21-8-6-14-29(27(21)30)13-5-4-10-24(29)35/h11-12,16-17,19,23H,4-10,13-15,30H2,1-3H3/t19-,23-,29+/m0/s1. The minimum atomic E-state index is -0.707. The number of carbonyl (C=O) groups is 2. The van der Waals surface area contributed by atoms with Gasteiger partial charge in [0.25, 0.3) is 0 Å². The Bertz CT molecular complexity index is 1220. The summed E-state index contributed by atoms with van der Waals surface area (Å²) < 4.78 is 6.32. The maximum atomic E-state index is 13.9. The quantitative estimate of drug-likeness (QED) is 0.577. The number of rotatable bonds is 6. The van der Waals surface area contributed by atoms with Crippen molar-refractivity contribution >= 4 is 11.6 Å². The monoisotopic (exact) mass is 503 g/mol. The van der Waals surface area contributed by atoms with E-state index in [1.807, 2.05) is 26.0 Å². The number of ether oxygens (including phenoxy) is 1. The summed E-state index contributed by atoms with van der Waals surface area (Å²) in [6, 6.07) is 5.91. The lowest BCUT2D eigenvalue weighted by molar-refractivity contribution is -0.129. The van der Waals surface area contributed by atoms with Crippen molar-refractivity contribution < 1.29 is 14.3 Å². The largest absolute Gasteiger partial charge is 0.473 e. The van der Waals surface area contributed by atoms with Gasteiger partial charge in [0.15, 0.2) is 0 Å². The smallest absolute Gasteiger partial charge is 0.228 e. The maximum absolute atomic E-state index is 13.9. The number of pyridine rings is 1. The summed E-state index contributed by atoms with van der Waals surface area (Å²) in [5.41, 5.74) is 9.09. The molecule has 0 unspecified atom stereocenters. The van der Waals surface area contributed by atoms with Gasteiger partial charge in [0.2, 0.25) is 17.5 Å². The summed E-state index contributed by atoms with van der Waals surface area (Å²) in [6.45, 7) is 5.01. The van der Waals surface area contributed by atoms with Gasteiger partial charge in [-0.2, -0.15) is 4.98 Å². The molecule has 2 aromatic rings. The van der Waals surface area contributed by atoms with Gasteiger partial charge in [-0.05, 0) is 84.5 Å². The summed E-state index contributed by atoms with van der Waals surface area (Å²) in [6.07, 6.45) is 8.91. The van der Waals surface area contributed by atoms with Crippen LogP contribution < -0.4 is 10.5 Å². The molecule has 1 spiro atoms. The van der Waals surface area contributed by atoms with Crippen molar-refractivity contribution in [3.05, 3.63) is 47.2 Å². The molecular weight excluding hydrogens is 466 g/mol. The minimum absolute atomic E-state index is 0.0540. The van der Waals surface area contributed by atoms with E-state index in [-0.39, 0.29) is 29.5 Å². The van der Waals surface area contributed by atoms with Crippen LogP contribution in [0.15, 0.2) is 35.7 Å². The molecule has 1 saturated carbocycles. The van der Waals surface area contributed by atoms with Gasteiger partial charge in [0, 0.05) is 47.3 Å². The van der Waals surface area contributed by atoms with Gasteiger partial charge in [-0.25, -0.2) is 4.98 Å². The highest BCUT2D eigenvalue weighted by Crippen LogP contribution is 2.47. The summed E-state index contributed by atoms with van der Waals surface area (Å²) in [4.78, 5) is 42.8. The number of Topliss-reactive ketones (excluding diaryl/α,β-unsaturated/α-hetero) is 2. The third-order valence-electron chi connectivity index (χ3n) is 8.47. The third-order valence-corrected chi connectivity index (χ3v) is 8.47. The molecule has 37 heavy (non-hydrogen) atoms. The number of aromatic nitrogens is 3. The molecule has 0 radical (unpaired) electrons. The van der Waals surface area contributed by atoms with E-state index in [0.717, 1.165) is 49.9 Å². The Kier molecular flexibility index (Phi) is 7.12. The zero-order valence-corrected chi connectivity index (χ0v) is 22.1. The topological polar surface area (TPSA) is 111 Å². The zero-order valence-electron chi connectivity index (χ0n) is 22.1. The molecule has 3 aliphatic rings. The van der Waals surface area contributed by atoms with Crippen LogP contribution in [0.4, 0.5) is 0 Å². The highest BCUT2D eigenvalue weighted by atomic mass is 16.5. The minimum Gasteiger partial charge on any atom is -0.473 e. The Labute approximate surface area is 218 Å².